The average molecular weight is 444 g/mol. The van der Waals surface area contributed by atoms with E-state index in [-0.39, 0.29) is 30.9 Å². The minimum atomic E-state index is -0.687. The van der Waals surface area contributed by atoms with Gasteiger partial charge < -0.3 is 20.3 Å². The molecule has 0 aromatic heterocycles. The molecule has 2 N–H and O–H groups in total. The monoisotopic (exact) mass is 443 g/mol. The number of benzene rings is 2. The molecule has 166 valence electrons. The van der Waals surface area contributed by atoms with E-state index in [2.05, 4.69) is 10.6 Å². The maximum absolute atomic E-state index is 12.9. The van der Waals surface area contributed by atoms with Crippen LogP contribution in [0, 0.1) is 13.8 Å². The van der Waals surface area contributed by atoms with Crippen LogP contribution in [0.1, 0.15) is 37.8 Å². The van der Waals surface area contributed by atoms with Gasteiger partial charge in [-0.25, -0.2) is 0 Å². The molecule has 2 aromatic rings. The van der Waals surface area contributed by atoms with Crippen molar-refractivity contribution in [3.05, 3.63) is 52.5 Å². The molecule has 31 heavy (non-hydrogen) atoms. The number of aryl methyl sites for hydroxylation is 2. The normalized spacial score (nSPS) is 15.3. The fourth-order valence-electron chi connectivity index (χ4n) is 3.81. The second-order valence-corrected chi connectivity index (χ2v) is 8.37. The molecule has 0 bridgehead atoms. The number of hydrogen-bond donors (Lipinski definition) is 2. The third-order valence-electron chi connectivity index (χ3n) is 5.52. The molecule has 3 rings (SSSR count). The minimum Gasteiger partial charge on any atom is -0.477 e. The number of halogens is 1. The van der Waals surface area contributed by atoms with Crippen molar-refractivity contribution >= 4 is 34.8 Å². The van der Waals surface area contributed by atoms with Crippen LogP contribution in [0.2, 0.25) is 5.02 Å². The Morgan fingerprint density at radius 2 is 1.90 bits per heavy atom. The molecule has 7 heteroatoms. The van der Waals surface area contributed by atoms with Gasteiger partial charge in [0.1, 0.15) is 5.75 Å². The summed E-state index contributed by atoms with van der Waals surface area (Å²) in [6, 6.07) is 11.4. The van der Waals surface area contributed by atoms with Crippen LogP contribution in [-0.2, 0) is 9.59 Å². The molecule has 2 aromatic carbocycles. The highest BCUT2D eigenvalue weighted by atomic mass is 35.5. The number of para-hydroxylation sites is 2. The van der Waals surface area contributed by atoms with Gasteiger partial charge in [0.15, 0.2) is 6.10 Å². The number of amides is 2. The highest BCUT2D eigenvalue weighted by molar-refractivity contribution is 6.34. The molecule has 0 radical (unpaired) electrons. The van der Waals surface area contributed by atoms with E-state index < -0.39 is 6.10 Å². The van der Waals surface area contributed by atoms with E-state index in [1.54, 1.807) is 0 Å². The summed E-state index contributed by atoms with van der Waals surface area (Å²) in [5, 5.41) is 6.48. The molecule has 1 aliphatic rings. The molecule has 0 fully saturated rings. The molecule has 0 saturated carbocycles. The van der Waals surface area contributed by atoms with Gasteiger partial charge in [0.05, 0.1) is 29.5 Å². The Balaban J connectivity index is 1.76. The first-order valence-corrected chi connectivity index (χ1v) is 11.1. The van der Waals surface area contributed by atoms with E-state index in [4.69, 9.17) is 16.3 Å². The lowest BCUT2D eigenvalue weighted by atomic mass is 10.1. The average Bonchev–Trinajstić information content (AvgIpc) is 2.74. The summed E-state index contributed by atoms with van der Waals surface area (Å²) >= 11 is 6.34. The summed E-state index contributed by atoms with van der Waals surface area (Å²) in [5.74, 6) is 0.228. The largest absolute Gasteiger partial charge is 0.477 e. The smallest absolute Gasteiger partial charge is 0.263 e. The van der Waals surface area contributed by atoms with E-state index in [0.29, 0.717) is 16.5 Å². The lowest BCUT2D eigenvalue weighted by molar-refractivity contribution is -0.129. The third kappa shape index (κ3) is 5.50. The Hall–Kier alpha value is -2.73. The van der Waals surface area contributed by atoms with Crippen molar-refractivity contribution < 1.29 is 14.3 Å². The van der Waals surface area contributed by atoms with Crippen LogP contribution in [0.4, 0.5) is 11.4 Å². The molecular weight excluding hydrogens is 414 g/mol. The summed E-state index contributed by atoms with van der Waals surface area (Å²) in [6.07, 6.45) is 1.02. The Labute approximate surface area is 188 Å². The van der Waals surface area contributed by atoms with Crippen LogP contribution in [0.25, 0.3) is 0 Å². The highest BCUT2D eigenvalue weighted by Crippen LogP contribution is 2.33. The number of rotatable bonds is 7. The number of hydrogen-bond acceptors (Lipinski definition) is 4. The molecule has 1 unspecified atom stereocenters. The standard InChI is InChI=1S/C24H30ClN3O3/c1-5-17(6-2)26-24(30)21-13-28(19-9-7-8-10-20(19)31-21)14-22(29)27-23-16(4)11-15(3)12-18(23)25/h7-12,17,21H,5-6,13-14H2,1-4H3,(H,26,30)(H,27,29). The van der Waals surface area contributed by atoms with Crippen LogP contribution >= 0.6 is 11.6 Å². The predicted molar refractivity (Wildman–Crippen MR) is 125 cm³/mol. The van der Waals surface area contributed by atoms with Crippen molar-refractivity contribution in [3.8, 4) is 5.75 Å². The Morgan fingerprint density at radius 3 is 2.58 bits per heavy atom. The van der Waals surface area contributed by atoms with Crippen molar-refractivity contribution in [2.75, 3.05) is 23.3 Å². The number of carbonyl (C=O) groups excluding carboxylic acids is 2. The number of nitrogens with zero attached hydrogens (tertiary/aromatic N) is 1. The molecule has 0 spiro atoms. The summed E-state index contributed by atoms with van der Waals surface area (Å²) < 4.78 is 5.96. The molecule has 0 aliphatic carbocycles. The first-order chi connectivity index (χ1) is 14.8. The molecular formula is C24H30ClN3O3. The van der Waals surface area contributed by atoms with Crippen molar-refractivity contribution in [1.29, 1.82) is 0 Å². The van der Waals surface area contributed by atoms with Crippen LogP contribution in [0.15, 0.2) is 36.4 Å². The SMILES string of the molecule is CCC(CC)NC(=O)C1CN(CC(=O)Nc2c(C)cc(C)cc2Cl)c2ccccc2O1. The number of ether oxygens (including phenoxy) is 1. The van der Waals surface area contributed by atoms with Crippen LogP contribution < -0.4 is 20.3 Å². The van der Waals surface area contributed by atoms with Crippen molar-refractivity contribution in [2.45, 2.75) is 52.7 Å². The summed E-state index contributed by atoms with van der Waals surface area (Å²) in [5.41, 5.74) is 3.34. The quantitative estimate of drug-likeness (QED) is 0.662. The summed E-state index contributed by atoms with van der Waals surface area (Å²) in [6.45, 7) is 8.33. The Kier molecular flexibility index (Phi) is 7.44. The molecule has 1 heterocycles. The molecule has 2 amide bonds. The van der Waals surface area contributed by atoms with E-state index in [1.165, 1.54) is 0 Å². The Bertz CT molecular complexity index is 936. The van der Waals surface area contributed by atoms with Crippen molar-refractivity contribution in [1.82, 2.24) is 5.32 Å². The summed E-state index contributed by atoms with van der Waals surface area (Å²) in [7, 11) is 0. The zero-order chi connectivity index (χ0) is 22.5. The summed E-state index contributed by atoms with van der Waals surface area (Å²) in [4.78, 5) is 27.6. The van der Waals surface area contributed by atoms with E-state index in [0.717, 1.165) is 29.7 Å². The van der Waals surface area contributed by atoms with Gasteiger partial charge in [0.2, 0.25) is 5.91 Å². The van der Waals surface area contributed by atoms with Crippen LogP contribution in [0.5, 0.6) is 5.75 Å². The fraction of sp³-hybridized carbons (Fsp3) is 0.417. The van der Waals surface area contributed by atoms with Crippen molar-refractivity contribution in [2.24, 2.45) is 0 Å². The van der Waals surface area contributed by atoms with Crippen LogP contribution in [-0.4, -0.2) is 37.0 Å². The Morgan fingerprint density at radius 1 is 1.19 bits per heavy atom. The lowest BCUT2D eigenvalue weighted by Crippen LogP contribution is -2.52. The lowest BCUT2D eigenvalue weighted by Gasteiger charge is -2.35. The topological polar surface area (TPSA) is 70.7 Å². The van der Waals surface area contributed by atoms with E-state index in [1.807, 2.05) is 69.0 Å². The number of nitrogens with one attached hydrogen (secondary N) is 2. The molecule has 0 saturated heterocycles. The van der Waals surface area contributed by atoms with Gasteiger partial charge in [-0.2, -0.15) is 0 Å². The first-order valence-electron chi connectivity index (χ1n) is 10.7. The second kappa shape index (κ2) is 10.1. The van der Waals surface area contributed by atoms with Gasteiger partial charge >= 0.3 is 0 Å². The third-order valence-corrected chi connectivity index (χ3v) is 5.81. The molecule has 1 atom stereocenters. The maximum Gasteiger partial charge on any atom is 0.263 e. The van der Waals surface area contributed by atoms with Gasteiger partial charge in [0.25, 0.3) is 5.91 Å². The minimum absolute atomic E-state index is 0.0821. The van der Waals surface area contributed by atoms with E-state index >= 15 is 0 Å². The van der Waals surface area contributed by atoms with Gasteiger partial charge in [0, 0.05) is 6.04 Å². The fourth-order valence-corrected chi connectivity index (χ4v) is 4.17. The second-order valence-electron chi connectivity index (χ2n) is 7.96. The highest BCUT2D eigenvalue weighted by Gasteiger charge is 2.32. The van der Waals surface area contributed by atoms with Gasteiger partial charge in [-0.1, -0.05) is 43.6 Å². The molecule has 1 aliphatic heterocycles. The zero-order valence-corrected chi connectivity index (χ0v) is 19.3. The van der Waals surface area contributed by atoms with Crippen molar-refractivity contribution in [3.63, 3.8) is 0 Å². The number of carbonyl (C=O) groups is 2. The zero-order valence-electron chi connectivity index (χ0n) is 18.5. The number of anilines is 2. The molecule has 6 nitrogen and oxygen atoms in total. The van der Waals surface area contributed by atoms with Crippen LogP contribution in [0.3, 0.4) is 0 Å². The van der Waals surface area contributed by atoms with Gasteiger partial charge in [-0.3, -0.25) is 9.59 Å². The predicted octanol–water partition coefficient (Wildman–Crippen LogP) is 4.47. The van der Waals surface area contributed by atoms with E-state index in [9.17, 15) is 9.59 Å². The van der Waals surface area contributed by atoms with Gasteiger partial charge in [-0.15, -0.1) is 0 Å². The first kappa shape index (κ1) is 22.9. The number of fused-ring (bicyclic) bond motifs is 1. The van der Waals surface area contributed by atoms with Gasteiger partial charge in [-0.05, 0) is 56.0 Å². The maximum atomic E-state index is 12.9.